The molecule has 2 aliphatic heterocycles. The number of hydrogen-bond donors (Lipinski definition) is 2. The van der Waals surface area contributed by atoms with E-state index in [-0.39, 0.29) is 23.9 Å². The summed E-state index contributed by atoms with van der Waals surface area (Å²) in [6.45, 7) is 4.71. The van der Waals surface area contributed by atoms with Crippen LogP contribution in [-0.2, 0) is 22.5 Å². The van der Waals surface area contributed by atoms with Gasteiger partial charge in [-0.05, 0) is 68.7 Å². The van der Waals surface area contributed by atoms with Crippen molar-refractivity contribution in [2.24, 2.45) is 11.5 Å². The molecule has 0 saturated carbocycles. The van der Waals surface area contributed by atoms with Crippen molar-refractivity contribution in [1.29, 1.82) is 0 Å². The maximum Gasteiger partial charge on any atom is 0.267 e. The van der Waals surface area contributed by atoms with Gasteiger partial charge in [0.05, 0.1) is 11.0 Å². The lowest BCUT2D eigenvalue weighted by Crippen LogP contribution is -2.42. The zero-order chi connectivity index (χ0) is 28.8. The molecule has 2 saturated heterocycles. The van der Waals surface area contributed by atoms with Crippen LogP contribution >= 0.6 is 0 Å². The van der Waals surface area contributed by atoms with E-state index in [0.717, 1.165) is 74.4 Å². The molecule has 2 atom stereocenters. The molecule has 4 heterocycles. The lowest BCUT2D eigenvalue weighted by Gasteiger charge is -2.33. The predicted molar refractivity (Wildman–Crippen MR) is 160 cm³/mol. The molecule has 0 spiro atoms. The molecule has 2 amide bonds. The first-order valence-electron chi connectivity index (χ1n) is 15.0. The Balaban J connectivity index is 1.24. The van der Waals surface area contributed by atoms with Gasteiger partial charge in [0.2, 0.25) is 5.91 Å². The molecule has 1 aromatic carbocycles. The van der Waals surface area contributed by atoms with E-state index >= 15 is 0 Å². The molecule has 0 bridgehead atoms. The molecule has 3 aromatic rings. The van der Waals surface area contributed by atoms with Gasteiger partial charge in [0.25, 0.3) is 5.91 Å². The number of pyridine rings is 1. The maximum absolute atomic E-state index is 13.4. The van der Waals surface area contributed by atoms with E-state index in [1.54, 1.807) is 7.11 Å². The summed E-state index contributed by atoms with van der Waals surface area (Å²) < 4.78 is 7.59. The van der Waals surface area contributed by atoms with Crippen LogP contribution in [0.1, 0.15) is 72.7 Å². The Morgan fingerprint density at radius 1 is 1.05 bits per heavy atom. The number of nitrogens with zero attached hydrogens (tertiary/aromatic N) is 5. The normalized spacial score (nSPS) is 18.5. The van der Waals surface area contributed by atoms with E-state index in [0.29, 0.717) is 31.7 Å². The number of ether oxygens (including phenoxy) is 1. The Morgan fingerprint density at radius 2 is 1.85 bits per heavy atom. The molecule has 0 unspecified atom stereocenters. The highest BCUT2D eigenvalue weighted by Crippen LogP contribution is 2.30. The molecular weight excluding hydrogens is 518 g/mol. The third-order valence-corrected chi connectivity index (χ3v) is 8.35. The quantitative estimate of drug-likeness (QED) is 0.344. The van der Waals surface area contributed by atoms with Crippen molar-refractivity contribution in [3.05, 3.63) is 53.5 Å². The number of hydrogen-bond acceptors (Lipinski definition) is 7. The highest BCUT2D eigenvalue weighted by molar-refractivity contribution is 5.92. The molecule has 41 heavy (non-hydrogen) atoms. The van der Waals surface area contributed by atoms with Crippen LogP contribution in [0.5, 0.6) is 0 Å². The maximum atomic E-state index is 13.4. The van der Waals surface area contributed by atoms with Crippen LogP contribution in [-0.4, -0.2) is 77.2 Å². The molecular formula is C31H43N7O3. The average molecular weight is 562 g/mol. The number of carbonyl (C=O) groups is 2. The second-order valence-corrected chi connectivity index (χ2v) is 11.4. The minimum absolute atomic E-state index is 0.0303. The SMILES string of the molecule is COCCCn1c([C@@H]2CCCN(C(=O)C[C@@H](N)Cc3ccc(N4CCCCC4)nc3C(N)=O)C2)nc2ccccc21. The number of carbonyl (C=O) groups excluding carboxylic acids is 2. The van der Waals surface area contributed by atoms with Crippen LogP contribution in [0.25, 0.3) is 11.0 Å². The fourth-order valence-corrected chi connectivity index (χ4v) is 6.29. The number of para-hydroxylation sites is 2. The number of primary amides is 1. The average Bonchev–Trinajstić information content (AvgIpc) is 3.36. The first-order chi connectivity index (χ1) is 19.9. The summed E-state index contributed by atoms with van der Waals surface area (Å²) >= 11 is 0. The smallest absolute Gasteiger partial charge is 0.267 e. The van der Waals surface area contributed by atoms with Gasteiger partial charge in [-0.3, -0.25) is 9.59 Å². The number of fused-ring (bicyclic) bond motifs is 1. The van der Waals surface area contributed by atoms with Crippen LogP contribution in [0, 0.1) is 0 Å². The van der Waals surface area contributed by atoms with Crippen molar-refractivity contribution in [3.8, 4) is 0 Å². The summed E-state index contributed by atoms with van der Waals surface area (Å²) in [7, 11) is 1.72. The number of amides is 2. The van der Waals surface area contributed by atoms with Gasteiger partial charge in [0.1, 0.15) is 17.3 Å². The fraction of sp³-hybridized carbons (Fsp3) is 0.548. The number of aromatic nitrogens is 3. The zero-order valence-corrected chi connectivity index (χ0v) is 24.1. The second-order valence-electron chi connectivity index (χ2n) is 11.4. The van der Waals surface area contributed by atoms with Crippen molar-refractivity contribution in [2.75, 3.05) is 44.8 Å². The van der Waals surface area contributed by atoms with Crippen molar-refractivity contribution >= 4 is 28.7 Å². The Hall–Kier alpha value is -3.50. The summed E-state index contributed by atoms with van der Waals surface area (Å²) in [5.74, 6) is 1.44. The summed E-state index contributed by atoms with van der Waals surface area (Å²) in [5.41, 5.74) is 15.2. The number of rotatable bonds is 11. The molecule has 0 radical (unpaired) electrons. The van der Waals surface area contributed by atoms with Crippen LogP contribution in [0.2, 0.25) is 0 Å². The molecule has 5 rings (SSSR count). The summed E-state index contributed by atoms with van der Waals surface area (Å²) in [5, 5.41) is 0. The van der Waals surface area contributed by atoms with Crippen LogP contribution in [0.3, 0.4) is 0 Å². The lowest BCUT2D eigenvalue weighted by molar-refractivity contribution is -0.132. The number of aryl methyl sites for hydroxylation is 1. The van der Waals surface area contributed by atoms with Crippen molar-refractivity contribution in [2.45, 2.75) is 69.9 Å². The predicted octanol–water partition coefficient (Wildman–Crippen LogP) is 3.22. The highest BCUT2D eigenvalue weighted by Gasteiger charge is 2.29. The third-order valence-electron chi connectivity index (χ3n) is 8.35. The first kappa shape index (κ1) is 29.0. The Bertz CT molecular complexity index is 1350. The van der Waals surface area contributed by atoms with Gasteiger partial charge < -0.3 is 30.6 Å². The number of imidazole rings is 1. The highest BCUT2D eigenvalue weighted by atomic mass is 16.5. The zero-order valence-electron chi connectivity index (χ0n) is 24.1. The van der Waals surface area contributed by atoms with E-state index in [1.807, 2.05) is 35.2 Å². The molecule has 10 nitrogen and oxygen atoms in total. The van der Waals surface area contributed by atoms with Crippen LogP contribution < -0.4 is 16.4 Å². The number of benzene rings is 1. The summed E-state index contributed by atoms with van der Waals surface area (Å²) in [6.07, 6.45) is 6.81. The van der Waals surface area contributed by atoms with E-state index < -0.39 is 11.9 Å². The number of likely N-dealkylation sites (tertiary alicyclic amines) is 1. The topological polar surface area (TPSA) is 133 Å². The third kappa shape index (κ3) is 6.87. The standard InChI is InChI=1S/C31H43N7O3/c1-41-18-8-17-38-26-11-4-3-10-25(26)34-31(38)23-9-7-16-37(21-23)28(39)20-24(32)19-22-12-13-27(35-29(22)30(33)40)36-14-5-2-6-15-36/h3-4,10-13,23-24H,2,5-9,14-21,32H2,1H3,(H2,33,40)/t23-,24+/m1/s1. The van der Waals surface area contributed by atoms with Crippen molar-refractivity contribution < 1.29 is 14.3 Å². The minimum Gasteiger partial charge on any atom is -0.385 e. The fourth-order valence-electron chi connectivity index (χ4n) is 6.29. The second kappa shape index (κ2) is 13.4. The van der Waals surface area contributed by atoms with E-state index in [2.05, 4.69) is 20.5 Å². The molecule has 2 aromatic heterocycles. The van der Waals surface area contributed by atoms with Gasteiger partial charge in [0, 0.05) is 64.8 Å². The van der Waals surface area contributed by atoms with Crippen molar-refractivity contribution in [3.63, 3.8) is 0 Å². The molecule has 2 aliphatic rings. The van der Waals surface area contributed by atoms with Gasteiger partial charge >= 0.3 is 0 Å². The van der Waals surface area contributed by atoms with E-state index in [9.17, 15) is 9.59 Å². The van der Waals surface area contributed by atoms with Gasteiger partial charge in [-0.25, -0.2) is 9.97 Å². The number of anilines is 1. The van der Waals surface area contributed by atoms with Gasteiger partial charge in [-0.15, -0.1) is 0 Å². The summed E-state index contributed by atoms with van der Waals surface area (Å²) in [4.78, 5) is 39.4. The van der Waals surface area contributed by atoms with E-state index in [4.69, 9.17) is 21.2 Å². The van der Waals surface area contributed by atoms with Crippen molar-refractivity contribution in [1.82, 2.24) is 19.4 Å². The largest absolute Gasteiger partial charge is 0.385 e. The molecule has 2 fully saturated rings. The number of nitrogens with two attached hydrogens (primary N) is 2. The first-order valence-corrected chi connectivity index (χ1v) is 15.0. The molecule has 10 heteroatoms. The van der Waals surface area contributed by atoms with Gasteiger partial charge in [-0.2, -0.15) is 0 Å². The van der Waals surface area contributed by atoms with E-state index in [1.165, 1.54) is 6.42 Å². The Labute approximate surface area is 242 Å². The molecule has 220 valence electrons. The van der Waals surface area contributed by atoms with Gasteiger partial charge in [0.15, 0.2) is 0 Å². The summed E-state index contributed by atoms with van der Waals surface area (Å²) in [6, 6.07) is 11.6. The number of methoxy groups -OCH3 is 1. The Kier molecular flexibility index (Phi) is 9.51. The van der Waals surface area contributed by atoms with Gasteiger partial charge in [-0.1, -0.05) is 18.2 Å². The monoisotopic (exact) mass is 561 g/mol. The lowest BCUT2D eigenvalue weighted by atomic mass is 9.95. The molecule has 0 aliphatic carbocycles. The van der Waals surface area contributed by atoms with Crippen LogP contribution in [0.4, 0.5) is 5.82 Å². The Morgan fingerprint density at radius 3 is 2.63 bits per heavy atom. The molecule has 4 N–H and O–H groups in total. The number of piperidine rings is 2. The van der Waals surface area contributed by atoms with Crippen LogP contribution in [0.15, 0.2) is 36.4 Å². The minimum atomic E-state index is -0.565.